The van der Waals surface area contributed by atoms with Gasteiger partial charge in [0.25, 0.3) is 0 Å². The summed E-state index contributed by atoms with van der Waals surface area (Å²) in [5.41, 5.74) is 2.63. The number of aromatic amines is 1. The minimum absolute atomic E-state index is 0.0659. The van der Waals surface area contributed by atoms with Gasteiger partial charge in [-0.15, -0.1) is 0 Å². The van der Waals surface area contributed by atoms with Crippen molar-refractivity contribution in [1.82, 2.24) is 15.2 Å². The number of nitrogens with one attached hydrogen (secondary N) is 2. The van der Waals surface area contributed by atoms with Crippen molar-refractivity contribution in [1.29, 1.82) is 0 Å². The van der Waals surface area contributed by atoms with Gasteiger partial charge in [-0.05, 0) is 50.3 Å². The zero-order valence-corrected chi connectivity index (χ0v) is 20.7. The first-order valence-electron chi connectivity index (χ1n) is 12.8. The molecule has 190 valence electrons. The molecule has 0 unspecified atom stereocenters. The van der Waals surface area contributed by atoms with Crippen LogP contribution < -0.4 is 11.0 Å². The first-order valence-corrected chi connectivity index (χ1v) is 12.3. The van der Waals surface area contributed by atoms with E-state index in [0.717, 1.165) is 22.0 Å². The quantitative estimate of drug-likeness (QED) is 0.366. The summed E-state index contributed by atoms with van der Waals surface area (Å²) in [7, 11) is 0. The minimum Gasteiger partial charge on any atom is -0.481 e. The number of nitrogens with two attached hydrogens (primary N) is 1. The molecule has 2 atom stereocenters. The number of H-pyrrole nitrogens is 1. The summed E-state index contributed by atoms with van der Waals surface area (Å²) in [4.78, 5) is 44.2. The summed E-state index contributed by atoms with van der Waals surface area (Å²) < 4.78 is 7.52. The van der Waals surface area contributed by atoms with E-state index >= 15 is 0 Å². The summed E-state index contributed by atoms with van der Waals surface area (Å²) in [6.07, 6.45) is 3.41. The molecule has 8 heteroatoms. The van der Waals surface area contributed by atoms with Crippen LogP contribution in [0.4, 0.5) is 0 Å². The number of carbonyl (C=O) groups excluding carboxylic acids is 2. The molecular weight excluding hydrogens is 456 g/mol. The maximum atomic E-state index is 13.9. The molecule has 0 aliphatic carbocycles. The lowest BCUT2D eigenvalue weighted by Gasteiger charge is -2.41. The van der Waals surface area contributed by atoms with Gasteiger partial charge in [0.2, 0.25) is 11.8 Å². The number of aromatic nitrogens is 1. The number of para-hydroxylation sites is 1. The summed E-state index contributed by atoms with van der Waals surface area (Å²) >= 11 is 0. The van der Waals surface area contributed by atoms with Crippen molar-refractivity contribution in [3.8, 4) is 0 Å². The first-order chi connectivity index (χ1) is 17.6. The number of rotatable bonds is 9. The number of aliphatic carboxylic acids is 1. The van der Waals surface area contributed by atoms with Crippen molar-refractivity contribution in [3.05, 3.63) is 71.9 Å². The molecule has 3 aromatic rings. The third kappa shape index (κ3) is 5.44. The molecule has 2 amide bonds. The van der Waals surface area contributed by atoms with Crippen molar-refractivity contribution in [3.63, 3.8) is 0 Å². The number of amides is 2. The van der Waals surface area contributed by atoms with Crippen LogP contribution in [0.3, 0.4) is 0 Å². The fraction of sp³-hybridized carbons (Fsp3) is 0.393. The van der Waals surface area contributed by atoms with Crippen LogP contribution in [0, 0.1) is 5.41 Å². The minimum atomic E-state index is -1.21. The largest absolute Gasteiger partial charge is 0.481 e. The molecule has 0 radical (unpaired) electrons. The lowest BCUT2D eigenvalue weighted by atomic mass is 9.75. The lowest BCUT2D eigenvalue weighted by molar-refractivity contribution is -0.155. The van der Waals surface area contributed by atoms with Gasteiger partial charge in [-0.1, -0.05) is 48.5 Å². The third-order valence-electron chi connectivity index (χ3n) is 7.00. The Balaban J connectivity index is 1.62. The number of fused-ring (bicyclic) bond motifs is 1. The molecule has 1 fully saturated rings. The van der Waals surface area contributed by atoms with Crippen molar-refractivity contribution in [2.24, 2.45) is 11.1 Å². The van der Waals surface area contributed by atoms with Gasteiger partial charge in [-0.3, -0.25) is 14.4 Å². The number of piperidine rings is 1. The molecule has 0 bridgehead atoms. The van der Waals surface area contributed by atoms with Gasteiger partial charge in [0, 0.05) is 36.6 Å². The zero-order chi connectivity index (χ0) is 26.6. The van der Waals surface area contributed by atoms with Crippen molar-refractivity contribution in [2.75, 3.05) is 13.1 Å². The van der Waals surface area contributed by atoms with Crippen LogP contribution in [0.1, 0.15) is 37.8 Å². The second-order valence-corrected chi connectivity index (χ2v) is 10.3. The van der Waals surface area contributed by atoms with E-state index in [1.165, 1.54) is 0 Å². The van der Waals surface area contributed by atoms with Crippen LogP contribution in [0.5, 0.6) is 0 Å². The maximum Gasteiger partial charge on any atom is 0.311 e. The fourth-order valence-electron chi connectivity index (χ4n) is 4.98. The highest BCUT2D eigenvalue weighted by Crippen LogP contribution is 2.35. The Hall–Kier alpha value is -3.65. The van der Waals surface area contributed by atoms with Gasteiger partial charge in [-0.2, -0.15) is 0 Å². The number of likely N-dealkylation sites (tertiary alicyclic amines) is 1. The van der Waals surface area contributed by atoms with Crippen LogP contribution in [-0.4, -0.2) is 57.4 Å². The summed E-state index contributed by atoms with van der Waals surface area (Å²) in [6.45, 7) is 3.62. The van der Waals surface area contributed by atoms with Crippen LogP contribution in [0.15, 0.2) is 60.8 Å². The Labute approximate surface area is 212 Å². The summed E-state index contributed by atoms with van der Waals surface area (Å²) in [6, 6.07) is 16.3. The molecule has 5 N–H and O–H groups in total. The molecule has 1 aromatic heterocycles. The smallest absolute Gasteiger partial charge is 0.311 e. The Bertz CT molecular complexity index is 1280. The predicted octanol–water partition coefficient (Wildman–Crippen LogP) is 2.87. The second-order valence-electron chi connectivity index (χ2n) is 10.3. The maximum absolute atomic E-state index is 13.9. The molecule has 0 spiro atoms. The van der Waals surface area contributed by atoms with E-state index in [4.69, 9.17) is 1.41 Å². The number of nitrogens with zero attached hydrogens (tertiary/aromatic N) is 1. The molecule has 0 saturated carbocycles. The van der Waals surface area contributed by atoms with E-state index in [1.807, 2.05) is 60.8 Å². The third-order valence-corrected chi connectivity index (χ3v) is 7.00. The van der Waals surface area contributed by atoms with Gasteiger partial charge < -0.3 is 26.0 Å². The highest BCUT2D eigenvalue weighted by molar-refractivity contribution is 5.93. The van der Waals surface area contributed by atoms with E-state index < -0.39 is 28.9 Å². The highest BCUT2D eigenvalue weighted by atomic mass is 16.4. The molecule has 1 aliphatic heterocycles. The number of carboxylic acids is 1. The standard InChI is InChI=1S/C28H34N4O4/c1-27(2,29)25(34)31-23(15-20-17-30-22-12-7-6-11-21(20)22)24(33)32-14-8-13-28(18-32,26(35)36)16-19-9-4-3-5-10-19/h3-7,9-12,17,23,30H,8,13-16,18,29H2,1-2H3,(H,31,34)(H,35,36)/t23-,28+/m0/s1/i/hD. The van der Waals surface area contributed by atoms with E-state index in [9.17, 15) is 19.5 Å². The Morgan fingerprint density at radius 3 is 2.64 bits per heavy atom. The van der Waals surface area contributed by atoms with Gasteiger partial charge in [0.05, 0.1) is 11.0 Å². The lowest BCUT2D eigenvalue weighted by Crippen LogP contribution is -2.59. The Morgan fingerprint density at radius 2 is 1.92 bits per heavy atom. The summed E-state index contributed by atoms with van der Waals surface area (Å²) in [5.74, 6) is -1.73. The second kappa shape index (κ2) is 10.1. The molecule has 8 nitrogen and oxygen atoms in total. The van der Waals surface area contributed by atoms with E-state index in [1.54, 1.807) is 18.7 Å². The molecule has 2 aromatic carbocycles. The Kier molecular flexibility index (Phi) is 6.78. The van der Waals surface area contributed by atoms with Crippen LogP contribution in [0.25, 0.3) is 10.9 Å². The van der Waals surface area contributed by atoms with E-state index in [-0.39, 0.29) is 18.9 Å². The number of hydrogen-bond donors (Lipinski definition) is 4. The summed E-state index contributed by atoms with van der Waals surface area (Å²) in [5, 5.41) is 14.1. The molecule has 4 rings (SSSR count). The Morgan fingerprint density at radius 1 is 1.19 bits per heavy atom. The van der Waals surface area contributed by atoms with E-state index in [2.05, 4.69) is 16.0 Å². The monoisotopic (exact) mass is 491 g/mol. The number of carbonyl (C=O) groups is 3. The van der Waals surface area contributed by atoms with Crippen LogP contribution in [-0.2, 0) is 27.2 Å². The van der Waals surface area contributed by atoms with Crippen molar-refractivity contribution < 1.29 is 20.9 Å². The van der Waals surface area contributed by atoms with Gasteiger partial charge in [0.1, 0.15) is 7.45 Å². The number of hydrogen-bond acceptors (Lipinski definition) is 4. The fourth-order valence-corrected chi connectivity index (χ4v) is 4.98. The van der Waals surface area contributed by atoms with Crippen molar-refractivity contribution in [2.45, 2.75) is 51.1 Å². The van der Waals surface area contributed by atoms with Crippen LogP contribution >= 0.6 is 0 Å². The zero-order valence-electron chi connectivity index (χ0n) is 21.7. The molecule has 36 heavy (non-hydrogen) atoms. The van der Waals surface area contributed by atoms with Crippen molar-refractivity contribution >= 4 is 28.7 Å². The molecule has 2 heterocycles. The predicted molar refractivity (Wildman–Crippen MR) is 138 cm³/mol. The molecular formula is C28H34N4O4. The SMILES string of the molecule is [2H]NC(C)(C)C(=O)N[C@@H](Cc1c[nH]c2ccccc12)C(=O)N1CCC[C@](Cc2ccccc2)(C(=O)O)C1. The average Bonchev–Trinajstić information content (AvgIpc) is 3.31. The molecule has 1 saturated heterocycles. The number of carboxylic acid groups (broad SMARTS) is 1. The highest BCUT2D eigenvalue weighted by Gasteiger charge is 2.45. The van der Waals surface area contributed by atoms with Gasteiger partial charge in [0.15, 0.2) is 0 Å². The van der Waals surface area contributed by atoms with Crippen LogP contribution in [0.2, 0.25) is 1.41 Å². The van der Waals surface area contributed by atoms with E-state index in [0.29, 0.717) is 25.8 Å². The van der Waals surface area contributed by atoms with Gasteiger partial charge in [-0.25, -0.2) is 0 Å². The molecule has 1 aliphatic rings. The number of benzene rings is 2. The normalized spacial score (nSPS) is 19.5. The van der Waals surface area contributed by atoms with Gasteiger partial charge >= 0.3 is 5.97 Å². The first kappa shape index (κ1) is 24.1. The average molecular weight is 492 g/mol. The topological polar surface area (TPSA) is 129 Å².